The van der Waals surface area contributed by atoms with Crippen molar-refractivity contribution in [3.63, 3.8) is 0 Å². The van der Waals surface area contributed by atoms with Crippen LogP contribution in [0.3, 0.4) is 0 Å². The van der Waals surface area contributed by atoms with Crippen LogP contribution in [0.25, 0.3) is 0 Å². The van der Waals surface area contributed by atoms with Gasteiger partial charge in [-0.2, -0.15) is 0 Å². The lowest BCUT2D eigenvalue weighted by molar-refractivity contribution is 0.401. The molecule has 0 saturated heterocycles. The summed E-state index contributed by atoms with van der Waals surface area (Å²) in [7, 11) is 0. The van der Waals surface area contributed by atoms with Gasteiger partial charge in [0, 0.05) is 6.42 Å². The molecule has 0 atom stereocenters. The molecular formula is C9H10O. The third-order valence-corrected chi connectivity index (χ3v) is 1.25. The summed E-state index contributed by atoms with van der Waals surface area (Å²) in [5, 5.41) is 8.81. The molecule has 0 heterocycles. The van der Waals surface area contributed by atoms with Gasteiger partial charge in [-0.15, -0.1) is 0 Å². The molecule has 0 aromatic heterocycles. The highest BCUT2D eigenvalue weighted by molar-refractivity contribution is 5.18. The van der Waals surface area contributed by atoms with E-state index in [1.165, 1.54) is 0 Å². The first kappa shape index (κ1) is 6.87. The zero-order valence-electron chi connectivity index (χ0n) is 5.75. The molecule has 1 aromatic carbocycles. The van der Waals surface area contributed by atoms with Crippen LogP contribution in [-0.2, 0) is 6.42 Å². The Hall–Kier alpha value is -1.24. The van der Waals surface area contributed by atoms with Crippen LogP contribution in [0.1, 0.15) is 5.56 Å². The Kier molecular flexibility index (Phi) is 2.11. The fraction of sp³-hybridized carbons (Fsp3) is 0.111. The van der Waals surface area contributed by atoms with Gasteiger partial charge in [-0.05, 0) is 5.56 Å². The van der Waals surface area contributed by atoms with Gasteiger partial charge >= 0.3 is 0 Å². The van der Waals surface area contributed by atoms with Gasteiger partial charge in [0.25, 0.3) is 0 Å². The Bertz CT molecular complexity index is 213. The van der Waals surface area contributed by atoms with Gasteiger partial charge in [0.1, 0.15) is 0 Å². The molecule has 0 bridgehead atoms. The molecule has 0 aliphatic carbocycles. The summed E-state index contributed by atoms with van der Waals surface area (Å²) < 4.78 is 0. The molecule has 0 fully saturated rings. The molecule has 0 spiro atoms. The molecule has 1 rings (SSSR count). The highest BCUT2D eigenvalue weighted by Gasteiger charge is 1.90. The lowest BCUT2D eigenvalue weighted by atomic mass is 10.1. The molecule has 0 aliphatic rings. The normalized spacial score (nSPS) is 9.20. The van der Waals surface area contributed by atoms with E-state index in [1.807, 2.05) is 30.3 Å². The summed E-state index contributed by atoms with van der Waals surface area (Å²) in [5.74, 6) is 0.214. The second-order valence-corrected chi connectivity index (χ2v) is 2.23. The SMILES string of the molecule is C=C(O)Cc1ccccc1. The number of aliphatic hydroxyl groups excluding tert-OH is 1. The van der Waals surface area contributed by atoms with E-state index in [9.17, 15) is 0 Å². The molecule has 0 unspecified atom stereocenters. The van der Waals surface area contributed by atoms with Crippen molar-refractivity contribution in [1.29, 1.82) is 0 Å². The zero-order chi connectivity index (χ0) is 7.40. The molecule has 1 aromatic rings. The molecular weight excluding hydrogens is 124 g/mol. The fourth-order valence-electron chi connectivity index (χ4n) is 0.831. The standard InChI is InChI=1S/C9H10O/c1-8(10)7-9-5-3-2-4-6-9/h2-6,10H,1,7H2. The lowest BCUT2D eigenvalue weighted by Crippen LogP contribution is -1.85. The van der Waals surface area contributed by atoms with E-state index in [4.69, 9.17) is 5.11 Å². The van der Waals surface area contributed by atoms with Crippen LogP contribution in [0.5, 0.6) is 0 Å². The zero-order valence-corrected chi connectivity index (χ0v) is 5.75. The van der Waals surface area contributed by atoms with Crippen LogP contribution in [-0.4, -0.2) is 5.11 Å². The molecule has 1 nitrogen and oxygen atoms in total. The largest absolute Gasteiger partial charge is 0.513 e. The van der Waals surface area contributed by atoms with Crippen molar-refractivity contribution < 1.29 is 5.11 Å². The molecule has 52 valence electrons. The molecule has 1 heteroatoms. The Morgan fingerprint density at radius 3 is 2.40 bits per heavy atom. The van der Waals surface area contributed by atoms with Crippen LogP contribution in [0.15, 0.2) is 42.7 Å². The maximum absolute atomic E-state index is 8.81. The summed E-state index contributed by atoms with van der Waals surface area (Å²) in [6.45, 7) is 3.41. The van der Waals surface area contributed by atoms with Crippen LogP contribution in [0.4, 0.5) is 0 Å². The van der Waals surface area contributed by atoms with E-state index in [0.29, 0.717) is 6.42 Å². The van der Waals surface area contributed by atoms with Crippen LogP contribution < -0.4 is 0 Å². The number of aliphatic hydroxyl groups is 1. The Balaban J connectivity index is 2.67. The Morgan fingerprint density at radius 1 is 1.30 bits per heavy atom. The van der Waals surface area contributed by atoms with Gasteiger partial charge in [0.15, 0.2) is 0 Å². The smallest absolute Gasteiger partial charge is 0.0894 e. The molecule has 1 N–H and O–H groups in total. The van der Waals surface area contributed by atoms with Crippen molar-refractivity contribution in [3.8, 4) is 0 Å². The van der Waals surface area contributed by atoms with Crippen LogP contribution >= 0.6 is 0 Å². The minimum atomic E-state index is 0.214. The minimum Gasteiger partial charge on any atom is -0.513 e. The lowest BCUT2D eigenvalue weighted by Gasteiger charge is -1.96. The summed E-state index contributed by atoms with van der Waals surface area (Å²) >= 11 is 0. The highest BCUT2D eigenvalue weighted by Crippen LogP contribution is 2.02. The maximum atomic E-state index is 8.81. The van der Waals surface area contributed by atoms with Crippen LogP contribution in [0, 0.1) is 0 Å². The number of hydrogen-bond donors (Lipinski definition) is 1. The average Bonchev–Trinajstić information content (AvgIpc) is 1.88. The first-order valence-corrected chi connectivity index (χ1v) is 3.19. The monoisotopic (exact) mass is 134 g/mol. The van der Waals surface area contributed by atoms with Gasteiger partial charge in [-0.25, -0.2) is 0 Å². The maximum Gasteiger partial charge on any atom is 0.0894 e. The molecule has 0 saturated carbocycles. The molecule has 10 heavy (non-hydrogen) atoms. The van der Waals surface area contributed by atoms with Gasteiger partial charge in [-0.3, -0.25) is 0 Å². The van der Waals surface area contributed by atoms with Crippen molar-refractivity contribution in [2.75, 3.05) is 0 Å². The number of rotatable bonds is 2. The van der Waals surface area contributed by atoms with Crippen molar-refractivity contribution in [1.82, 2.24) is 0 Å². The predicted octanol–water partition coefficient (Wildman–Crippen LogP) is 2.30. The number of allylic oxidation sites excluding steroid dienone is 1. The Labute approximate surface area is 60.6 Å². The molecule has 0 amide bonds. The van der Waals surface area contributed by atoms with Crippen molar-refractivity contribution in [2.24, 2.45) is 0 Å². The number of benzene rings is 1. The second-order valence-electron chi connectivity index (χ2n) is 2.23. The fourth-order valence-corrected chi connectivity index (χ4v) is 0.831. The highest BCUT2D eigenvalue weighted by atomic mass is 16.3. The molecule has 0 aliphatic heterocycles. The van der Waals surface area contributed by atoms with Crippen LogP contribution in [0.2, 0.25) is 0 Å². The van der Waals surface area contributed by atoms with E-state index in [1.54, 1.807) is 0 Å². The third kappa shape index (κ3) is 1.94. The van der Waals surface area contributed by atoms with E-state index in [-0.39, 0.29) is 5.76 Å². The quantitative estimate of drug-likeness (QED) is 0.615. The first-order valence-electron chi connectivity index (χ1n) is 3.19. The van der Waals surface area contributed by atoms with E-state index >= 15 is 0 Å². The summed E-state index contributed by atoms with van der Waals surface area (Å²) in [6.07, 6.45) is 0.556. The summed E-state index contributed by atoms with van der Waals surface area (Å²) in [4.78, 5) is 0. The van der Waals surface area contributed by atoms with Gasteiger partial charge in [0.2, 0.25) is 0 Å². The first-order chi connectivity index (χ1) is 4.79. The number of hydrogen-bond acceptors (Lipinski definition) is 1. The van der Waals surface area contributed by atoms with Crippen molar-refractivity contribution in [2.45, 2.75) is 6.42 Å². The minimum absolute atomic E-state index is 0.214. The second kappa shape index (κ2) is 3.06. The summed E-state index contributed by atoms with van der Waals surface area (Å²) in [6, 6.07) is 9.75. The Morgan fingerprint density at radius 2 is 1.90 bits per heavy atom. The van der Waals surface area contributed by atoms with Gasteiger partial charge in [0.05, 0.1) is 5.76 Å². The van der Waals surface area contributed by atoms with Crippen molar-refractivity contribution in [3.05, 3.63) is 48.2 Å². The topological polar surface area (TPSA) is 20.2 Å². The van der Waals surface area contributed by atoms with E-state index in [0.717, 1.165) is 5.56 Å². The van der Waals surface area contributed by atoms with E-state index < -0.39 is 0 Å². The average molecular weight is 134 g/mol. The summed E-state index contributed by atoms with van der Waals surface area (Å²) in [5.41, 5.74) is 1.09. The van der Waals surface area contributed by atoms with E-state index in [2.05, 4.69) is 6.58 Å². The molecule has 0 radical (unpaired) electrons. The predicted molar refractivity (Wildman–Crippen MR) is 41.9 cm³/mol. The third-order valence-electron chi connectivity index (χ3n) is 1.25. The van der Waals surface area contributed by atoms with Gasteiger partial charge < -0.3 is 5.11 Å². The van der Waals surface area contributed by atoms with Crippen molar-refractivity contribution >= 4 is 0 Å². The van der Waals surface area contributed by atoms with Gasteiger partial charge in [-0.1, -0.05) is 36.9 Å².